The van der Waals surface area contributed by atoms with E-state index in [4.69, 9.17) is 34.8 Å². The van der Waals surface area contributed by atoms with Crippen LogP contribution in [0.25, 0.3) is 11.4 Å². The van der Waals surface area contributed by atoms with Gasteiger partial charge in [-0.15, -0.1) is 0 Å². The lowest BCUT2D eigenvalue weighted by Gasteiger charge is -2.25. The van der Waals surface area contributed by atoms with Gasteiger partial charge in [0, 0.05) is 24.0 Å². The molecule has 0 spiro atoms. The predicted molar refractivity (Wildman–Crippen MR) is 124 cm³/mol. The summed E-state index contributed by atoms with van der Waals surface area (Å²) in [6, 6.07) is 5.92. The van der Waals surface area contributed by atoms with Gasteiger partial charge in [0.1, 0.15) is 5.83 Å². The quantitative estimate of drug-likeness (QED) is 0.244. The number of alkyl halides is 4. The number of rotatable bonds is 8. The summed E-state index contributed by atoms with van der Waals surface area (Å²) in [4.78, 5) is 0. The van der Waals surface area contributed by atoms with Crippen LogP contribution in [0.2, 0.25) is 15.1 Å². The van der Waals surface area contributed by atoms with Crippen LogP contribution >= 0.6 is 34.8 Å². The average molecular weight is 512 g/mol. The first-order valence-electron chi connectivity index (χ1n) is 9.83. The van der Waals surface area contributed by atoms with Gasteiger partial charge in [-0.25, -0.2) is 22.0 Å². The molecule has 0 nitrogen and oxygen atoms in total. The van der Waals surface area contributed by atoms with Gasteiger partial charge >= 0.3 is 0 Å². The number of hydrogen-bond donors (Lipinski definition) is 0. The Morgan fingerprint density at radius 1 is 1.00 bits per heavy atom. The van der Waals surface area contributed by atoms with Crippen molar-refractivity contribution in [2.24, 2.45) is 0 Å². The summed E-state index contributed by atoms with van der Waals surface area (Å²) in [7, 11) is 0. The lowest BCUT2D eigenvalue weighted by Crippen LogP contribution is -2.24. The SMILES string of the molecule is C=C(C)c1ccc(/C(F)=C/C(c2cc(Cl)c(Cl)c(Cl)c2)C(F)(F)CC)cc1C(F)(F)CC. The molecular weight excluding hydrogens is 490 g/mol. The second kappa shape index (κ2) is 10.1. The van der Waals surface area contributed by atoms with Crippen LogP contribution < -0.4 is 0 Å². The van der Waals surface area contributed by atoms with E-state index in [2.05, 4.69) is 6.58 Å². The van der Waals surface area contributed by atoms with Gasteiger partial charge in [-0.3, -0.25) is 0 Å². The Hall–Kier alpha value is -1.56. The summed E-state index contributed by atoms with van der Waals surface area (Å²) in [6.07, 6.45) is -0.420. The summed E-state index contributed by atoms with van der Waals surface area (Å²) in [6.45, 7) is 7.79. The molecule has 0 N–H and O–H groups in total. The molecular formula is C24H22Cl3F5. The fourth-order valence-corrected chi connectivity index (χ4v) is 3.85. The van der Waals surface area contributed by atoms with E-state index in [9.17, 15) is 17.6 Å². The van der Waals surface area contributed by atoms with Crippen molar-refractivity contribution in [2.75, 3.05) is 0 Å². The van der Waals surface area contributed by atoms with E-state index in [-0.39, 0.29) is 31.8 Å². The van der Waals surface area contributed by atoms with E-state index >= 15 is 4.39 Å². The van der Waals surface area contributed by atoms with Crippen molar-refractivity contribution in [3.05, 3.63) is 80.3 Å². The Bertz CT molecular complexity index is 1020. The molecule has 2 aromatic carbocycles. The van der Waals surface area contributed by atoms with Crippen molar-refractivity contribution in [1.82, 2.24) is 0 Å². The van der Waals surface area contributed by atoms with E-state index in [1.54, 1.807) is 6.92 Å². The number of hydrogen-bond acceptors (Lipinski definition) is 0. The summed E-state index contributed by atoms with van der Waals surface area (Å²) in [5.41, 5.74) is -0.153. The second-order valence-electron chi connectivity index (χ2n) is 7.50. The molecule has 0 fully saturated rings. The van der Waals surface area contributed by atoms with Crippen LogP contribution in [0.15, 0.2) is 43.0 Å². The van der Waals surface area contributed by atoms with Gasteiger partial charge in [0.25, 0.3) is 11.8 Å². The molecule has 0 aliphatic rings. The Kier molecular flexibility index (Phi) is 8.46. The first-order chi connectivity index (χ1) is 14.7. The van der Waals surface area contributed by atoms with E-state index in [1.807, 2.05) is 0 Å². The first-order valence-corrected chi connectivity index (χ1v) is 11.0. The van der Waals surface area contributed by atoms with Crippen LogP contribution in [0.5, 0.6) is 0 Å². The van der Waals surface area contributed by atoms with Gasteiger partial charge in [0.15, 0.2) is 0 Å². The second-order valence-corrected chi connectivity index (χ2v) is 8.70. The van der Waals surface area contributed by atoms with Gasteiger partial charge in [-0.1, -0.05) is 72.9 Å². The van der Waals surface area contributed by atoms with Crippen LogP contribution in [0, 0.1) is 0 Å². The Labute approximate surface area is 199 Å². The summed E-state index contributed by atoms with van der Waals surface area (Å²) in [5, 5.41) is -0.131. The molecule has 0 radical (unpaired) electrons. The first kappa shape index (κ1) is 26.7. The molecule has 32 heavy (non-hydrogen) atoms. The van der Waals surface area contributed by atoms with Crippen molar-refractivity contribution in [1.29, 1.82) is 0 Å². The van der Waals surface area contributed by atoms with Crippen LogP contribution in [0.1, 0.15) is 61.8 Å². The fourth-order valence-electron chi connectivity index (χ4n) is 3.24. The topological polar surface area (TPSA) is 0 Å². The largest absolute Gasteiger partial charge is 0.273 e. The molecule has 0 bridgehead atoms. The molecule has 1 unspecified atom stereocenters. The van der Waals surface area contributed by atoms with Gasteiger partial charge in [0.2, 0.25) is 0 Å². The Balaban J connectivity index is 2.67. The molecule has 0 aromatic heterocycles. The molecule has 0 aliphatic carbocycles. The zero-order chi connectivity index (χ0) is 24.4. The summed E-state index contributed by atoms with van der Waals surface area (Å²) >= 11 is 17.9. The van der Waals surface area contributed by atoms with Crippen molar-refractivity contribution >= 4 is 46.2 Å². The summed E-state index contributed by atoms with van der Waals surface area (Å²) < 4.78 is 73.7. The van der Waals surface area contributed by atoms with Crippen molar-refractivity contribution in [2.45, 2.75) is 51.4 Å². The zero-order valence-corrected chi connectivity index (χ0v) is 20.0. The van der Waals surface area contributed by atoms with Gasteiger partial charge in [-0.05, 0) is 42.3 Å². The van der Waals surface area contributed by atoms with Gasteiger partial charge in [0.05, 0.1) is 21.0 Å². The third kappa shape index (κ3) is 5.67. The molecule has 0 amide bonds. The minimum absolute atomic E-state index is 0.0121. The number of benzene rings is 2. The van der Waals surface area contributed by atoms with Crippen molar-refractivity contribution in [3.63, 3.8) is 0 Å². The van der Waals surface area contributed by atoms with Crippen molar-refractivity contribution < 1.29 is 22.0 Å². The van der Waals surface area contributed by atoms with E-state index in [0.29, 0.717) is 11.6 Å². The molecule has 174 valence electrons. The van der Waals surface area contributed by atoms with E-state index in [1.165, 1.54) is 38.1 Å². The molecule has 1 atom stereocenters. The third-order valence-electron chi connectivity index (χ3n) is 5.20. The maximum Gasteiger partial charge on any atom is 0.273 e. The standard InChI is InChI=1S/C24H22Cl3F5/c1-5-23(29,30)17(15-10-19(25)22(27)20(26)11-15)12-21(28)14-7-8-16(13(3)4)18(9-14)24(31,32)6-2/h7-12,17H,3,5-6H2,1-2,4H3/b21-12-. The minimum Gasteiger partial charge on any atom is -0.207 e. The molecule has 0 aliphatic heterocycles. The molecule has 2 aromatic rings. The fraction of sp³-hybridized carbons (Fsp3) is 0.333. The van der Waals surface area contributed by atoms with Gasteiger partial charge < -0.3 is 0 Å². The number of allylic oxidation sites excluding steroid dienone is 2. The van der Waals surface area contributed by atoms with Crippen molar-refractivity contribution in [3.8, 4) is 0 Å². The van der Waals surface area contributed by atoms with Crippen LogP contribution in [-0.4, -0.2) is 5.92 Å². The van der Waals surface area contributed by atoms with E-state index < -0.39 is 42.0 Å². The Morgan fingerprint density at radius 3 is 2.03 bits per heavy atom. The minimum atomic E-state index is -3.37. The average Bonchev–Trinajstić information content (AvgIpc) is 2.74. The monoisotopic (exact) mass is 510 g/mol. The molecule has 2 rings (SSSR count). The van der Waals surface area contributed by atoms with Crippen LogP contribution in [0.3, 0.4) is 0 Å². The number of halogens is 8. The van der Waals surface area contributed by atoms with Crippen LogP contribution in [-0.2, 0) is 5.92 Å². The summed E-state index contributed by atoms with van der Waals surface area (Å²) in [5.74, 6) is -9.44. The van der Waals surface area contributed by atoms with Gasteiger partial charge in [-0.2, -0.15) is 0 Å². The molecule has 0 saturated carbocycles. The smallest absolute Gasteiger partial charge is 0.207 e. The Morgan fingerprint density at radius 2 is 1.56 bits per heavy atom. The highest BCUT2D eigenvalue weighted by molar-refractivity contribution is 6.48. The molecule has 8 heteroatoms. The zero-order valence-electron chi connectivity index (χ0n) is 17.7. The van der Waals surface area contributed by atoms with E-state index in [0.717, 1.165) is 6.07 Å². The third-order valence-corrected chi connectivity index (χ3v) is 6.39. The lowest BCUT2D eigenvalue weighted by atomic mass is 9.88. The molecule has 0 heterocycles. The maximum atomic E-state index is 15.2. The highest BCUT2D eigenvalue weighted by atomic mass is 35.5. The lowest BCUT2D eigenvalue weighted by molar-refractivity contribution is -0.0175. The highest BCUT2D eigenvalue weighted by Gasteiger charge is 2.39. The highest BCUT2D eigenvalue weighted by Crippen LogP contribution is 2.44. The normalized spacial score (nSPS) is 13.9. The predicted octanol–water partition coefficient (Wildman–Crippen LogP) is 10.3. The maximum absolute atomic E-state index is 15.2. The van der Waals surface area contributed by atoms with Crippen LogP contribution in [0.4, 0.5) is 22.0 Å². The molecule has 0 saturated heterocycles.